The monoisotopic (exact) mass is 168 g/mol. The molecule has 3 nitrogen and oxygen atoms in total. The number of esters is 1. The Hall–Kier alpha value is -0.990. The molecule has 0 spiro atoms. The van der Waals surface area contributed by atoms with Crippen LogP contribution in [0.15, 0.2) is 11.8 Å². The van der Waals surface area contributed by atoms with Gasteiger partial charge in [0.2, 0.25) is 0 Å². The first-order valence-electron chi connectivity index (χ1n) is 4.38. The molecule has 2 rings (SSSR count). The molecule has 3 heteroatoms. The number of hydrogen-bond donors (Lipinski definition) is 1. The van der Waals surface area contributed by atoms with Gasteiger partial charge in [0.05, 0.1) is 12.0 Å². The lowest BCUT2D eigenvalue weighted by atomic mass is 9.84. The lowest BCUT2D eigenvalue weighted by Crippen LogP contribution is -2.34. The van der Waals surface area contributed by atoms with Gasteiger partial charge in [0.15, 0.2) is 0 Å². The maximum Gasteiger partial charge on any atom is 0.334 e. The minimum absolute atomic E-state index is 0.0590. The van der Waals surface area contributed by atoms with E-state index in [1.54, 1.807) is 0 Å². The summed E-state index contributed by atoms with van der Waals surface area (Å²) in [6, 6.07) is 0. The first kappa shape index (κ1) is 7.65. The van der Waals surface area contributed by atoms with Crippen LogP contribution in [0.3, 0.4) is 0 Å². The van der Waals surface area contributed by atoms with E-state index in [-0.39, 0.29) is 17.8 Å². The Morgan fingerprint density at radius 2 is 2.17 bits per heavy atom. The van der Waals surface area contributed by atoms with Crippen LogP contribution in [0, 0.1) is 5.92 Å². The number of rotatable bonds is 0. The molecule has 1 aliphatic carbocycles. The van der Waals surface area contributed by atoms with Crippen LogP contribution in [0.4, 0.5) is 0 Å². The zero-order valence-corrected chi connectivity index (χ0v) is 6.82. The van der Waals surface area contributed by atoms with E-state index in [2.05, 4.69) is 0 Å². The Labute approximate surface area is 71.0 Å². The van der Waals surface area contributed by atoms with Crippen molar-refractivity contribution in [3.63, 3.8) is 0 Å². The van der Waals surface area contributed by atoms with E-state index in [4.69, 9.17) is 4.74 Å². The van der Waals surface area contributed by atoms with Crippen LogP contribution in [0.25, 0.3) is 0 Å². The minimum Gasteiger partial charge on any atom is -0.512 e. The summed E-state index contributed by atoms with van der Waals surface area (Å²) in [6.07, 6.45) is 5.20. The standard InChI is InChI=1S/C9H12O3/c10-7-5-9(11)12-8-4-2-1-3-6(7)8/h5-6,8,10H,1-4H2. The van der Waals surface area contributed by atoms with Gasteiger partial charge in [-0.05, 0) is 19.3 Å². The second kappa shape index (κ2) is 2.81. The maximum absolute atomic E-state index is 10.9. The van der Waals surface area contributed by atoms with Crippen molar-refractivity contribution in [3.05, 3.63) is 11.8 Å². The highest BCUT2D eigenvalue weighted by molar-refractivity contribution is 5.83. The zero-order chi connectivity index (χ0) is 8.55. The zero-order valence-electron chi connectivity index (χ0n) is 6.82. The third-order valence-electron chi connectivity index (χ3n) is 2.62. The van der Waals surface area contributed by atoms with Gasteiger partial charge >= 0.3 is 5.97 Å². The Bertz CT molecular complexity index is 232. The molecule has 0 aromatic carbocycles. The SMILES string of the molecule is O=C1C=C(O)C2CCCCC2O1. The summed E-state index contributed by atoms with van der Waals surface area (Å²) in [5, 5.41) is 9.44. The van der Waals surface area contributed by atoms with E-state index < -0.39 is 5.97 Å². The van der Waals surface area contributed by atoms with Crippen LogP contribution >= 0.6 is 0 Å². The van der Waals surface area contributed by atoms with E-state index in [0.29, 0.717) is 0 Å². The minimum atomic E-state index is -0.393. The van der Waals surface area contributed by atoms with Gasteiger partial charge in [-0.15, -0.1) is 0 Å². The molecule has 0 radical (unpaired) electrons. The molecular formula is C9H12O3. The van der Waals surface area contributed by atoms with Crippen LogP contribution in [0.5, 0.6) is 0 Å². The number of aliphatic hydroxyl groups is 1. The molecule has 1 saturated carbocycles. The fourth-order valence-corrected chi connectivity index (χ4v) is 1.99. The van der Waals surface area contributed by atoms with E-state index in [1.165, 1.54) is 6.08 Å². The highest BCUT2D eigenvalue weighted by atomic mass is 16.5. The molecule has 2 aliphatic rings. The van der Waals surface area contributed by atoms with E-state index in [1.807, 2.05) is 0 Å². The van der Waals surface area contributed by atoms with Gasteiger partial charge in [0.1, 0.15) is 11.9 Å². The summed E-state index contributed by atoms with van der Waals surface area (Å²) in [5.74, 6) is -0.0944. The fourth-order valence-electron chi connectivity index (χ4n) is 1.99. The molecule has 0 saturated heterocycles. The Morgan fingerprint density at radius 1 is 1.42 bits per heavy atom. The van der Waals surface area contributed by atoms with Gasteiger partial charge in [-0.3, -0.25) is 0 Å². The van der Waals surface area contributed by atoms with Crippen molar-refractivity contribution >= 4 is 5.97 Å². The molecule has 12 heavy (non-hydrogen) atoms. The lowest BCUT2D eigenvalue weighted by molar-refractivity contribution is -0.150. The number of hydrogen-bond acceptors (Lipinski definition) is 3. The smallest absolute Gasteiger partial charge is 0.334 e. The summed E-state index contributed by atoms with van der Waals surface area (Å²) in [6.45, 7) is 0. The number of ether oxygens (including phenoxy) is 1. The Morgan fingerprint density at radius 3 is 3.00 bits per heavy atom. The molecule has 66 valence electrons. The van der Waals surface area contributed by atoms with Crippen molar-refractivity contribution in [3.8, 4) is 0 Å². The topological polar surface area (TPSA) is 46.5 Å². The number of carbonyl (C=O) groups excluding carboxylic acids is 1. The number of aliphatic hydroxyl groups excluding tert-OH is 1. The van der Waals surface area contributed by atoms with Gasteiger partial charge in [-0.25, -0.2) is 4.79 Å². The Balaban J connectivity index is 2.19. The van der Waals surface area contributed by atoms with Gasteiger partial charge in [0, 0.05) is 0 Å². The van der Waals surface area contributed by atoms with Crippen molar-refractivity contribution in [1.82, 2.24) is 0 Å². The normalized spacial score (nSPS) is 35.0. The summed E-state index contributed by atoms with van der Waals surface area (Å²) in [5.41, 5.74) is 0. The predicted octanol–water partition coefficient (Wildman–Crippen LogP) is 1.54. The summed E-state index contributed by atoms with van der Waals surface area (Å²) in [4.78, 5) is 10.9. The van der Waals surface area contributed by atoms with E-state index in [9.17, 15) is 9.90 Å². The molecule has 2 atom stereocenters. The predicted molar refractivity (Wildman–Crippen MR) is 42.5 cm³/mol. The van der Waals surface area contributed by atoms with Gasteiger partial charge in [0.25, 0.3) is 0 Å². The van der Waals surface area contributed by atoms with Crippen LogP contribution in [0.2, 0.25) is 0 Å². The second-order valence-corrected chi connectivity index (χ2v) is 3.44. The maximum atomic E-state index is 10.9. The summed E-state index contributed by atoms with van der Waals surface area (Å²) < 4.78 is 5.09. The van der Waals surface area contributed by atoms with Gasteiger partial charge in [-0.1, -0.05) is 6.42 Å². The largest absolute Gasteiger partial charge is 0.512 e. The van der Waals surface area contributed by atoms with E-state index in [0.717, 1.165) is 25.7 Å². The molecule has 2 unspecified atom stereocenters. The molecule has 1 fully saturated rings. The van der Waals surface area contributed by atoms with Crippen molar-refractivity contribution in [1.29, 1.82) is 0 Å². The number of carbonyl (C=O) groups is 1. The number of fused-ring (bicyclic) bond motifs is 1. The first-order valence-corrected chi connectivity index (χ1v) is 4.38. The highest BCUT2D eigenvalue weighted by Gasteiger charge is 2.34. The average molecular weight is 168 g/mol. The van der Waals surface area contributed by atoms with Crippen molar-refractivity contribution in [2.75, 3.05) is 0 Å². The lowest BCUT2D eigenvalue weighted by Gasteiger charge is -2.32. The van der Waals surface area contributed by atoms with Crippen molar-refractivity contribution < 1.29 is 14.6 Å². The van der Waals surface area contributed by atoms with Crippen molar-refractivity contribution in [2.24, 2.45) is 5.92 Å². The summed E-state index contributed by atoms with van der Waals surface area (Å²) >= 11 is 0. The van der Waals surface area contributed by atoms with Crippen LogP contribution in [-0.2, 0) is 9.53 Å². The van der Waals surface area contributed by atoms with Crippen LogP contribution < -0.4 is 0 Å². The van der Waals surface area contributed by atoms with Gasteiger partial charge < -0.3 is 9.84 Å². The molecule has 0 aromatic rings. The molecular weight excluding hydrogens is 156 g/mol. The summed E-state index contributed by atoms with van der Waals surface area (Å²) in [7, 11) is 0. The van der Waals surface area contributed by atoms with E-state index >= 15 is 0 Å². The highest BCUT2D eigenvalue weighted by Crippen LogP contribution is 2.33. The molecule has 1 aliphatic heterocycles. The second-order valence-electron chi connectivity index (χ2n) is 3.44. The van der Waals surface area contributed by atoms with Gasteiger partial charge in [-0.2, -0.15) is 0 Å². The molecule has 0 aromatic heterocycles. The Kier molecular flexibility index (Phi) is 1.79. The van der Waals surface area contributed by atoms with Crippen LogP contribution in [0.1, 0.15) is 25.7 Å². The molecule has 0 bridgehead atoms. The third-order valence-corrected chi connectivity index (χ3v) is 2.62. The van der Waals surface area contributed by atoms with Crippen LogP contribution in [-0.4, -0.2) is 17.2 Å². The first-order chi connectivity index (χ1) is 5.77. The average Bonchev–Trinajstić information content (AvgIpc) is 2.04. The fraction of sp³-hybridized carbons (Fsp3) is 0.667. The third kappa shape index (κ3) is 1.19. The molecule has 1 heterocycles. The van der Waals surface area contributed by atoms with Crippen molar-refractivity contribution in [2.45, 2.75) is 31.8 Å². The molecule has 0 amide bonds. The quantitative estimate of drug-likeness (QED) is 0.558. The molecule has 1 N–H and O–H groups in total.